The number of ether oxygens (including phenoxy) is 1. The van der Waals surface area contributed by atoms with Crippen molar-refractivity contribution < 1.29 is 9.66 Å². The number of nitro groups is 1. The van der Waals surface area contributed by atoms with Crippen molar-refractivity contribution in [2.45, 2.75) is 32.9 Å². The fourth-order valence-corrected chi connectivity index (χ4v) is 1.78. The van der Waals surface area contributed by atoms with Crippen LogP contribution in [0.1, 0.15) is 26.3 Å². The first-order valence-electron chi connectivity index (χ1n) is 6.03. The van der Waals surface area contributed by atoms with Crippen LogP contribution in [0, 0.1) is 10.1 Å². The van der Waals surface area contributed by atoms with Crippen LogP contribution in [-0.4, -0.2) is 23.7 Å². The number of nitrogens with zero attached hydrogens (tertiary/aromatic N) is 1. The van der Waals surface area contributed by atoms with Crippen molar-refractivity contribution in [3.63, 3.8) is 0 Å². The second kappa shape index (κ2) is 6.47. The largest absolute Gasteiger partial charge is 0.375 e. The highest BCUT2D eigenvalue weighted by molar-refractivity contribution is 5.39. The Morgan fingerprint density at radius 3 is 2.67 bits per heavy atom. The first kappa shape index (κ1) is 14.6. The molecule has 0 heterocycles. The van der Waals surface area contributed by atoms with E-state index < -0.39 is 0 Å². The Balaban J connectivity index is 2.56. The summed E-state index contributed by atoms with van der Waals surface area (Å²) in [5.74, 6) is 0. The van der Waals surface area contributed by atoms with Gasteiger partial charge in [0.2, 0.25) is 0 Å². The molecule has 0 aliphatic carbocycles. The summed E-state index contributed by atoms with van der Waals surface area (Å²) in [5, 5.41) is 14.0. The van der Waals surface area contributed by atoms with Crippen LogP contribution in [0.4, 0.5) is 5.69 Å². The van der Waals surface area contributed by atoms with Gasteiger partial charge < -0.3 is 10.1 Å². The van der Waals surface area contributed by atoms with E-state index in [1.54, 1.807) is 18.2 Å². The molecule has 5 heteroatoms. The van der Waals surface area contributed by atoms with Crippen molar-refractivity contribution in [2.24, 2.45) is 0 Å². The minimum Gasteiger partial charge on any atom is -0.375 e. The third-order valence-corrected chi connectivity index (χ3v) is 2.59. The van der Waals surface area contributed by atoms with Gasteiger partial charge in [-0.1, -0.05) is 18.2 Å². The van der Waals surface area contributed by atoms with Crippen molar-refractivity contribution >= 4 is 5.69 Å². The molecule has 0 unspecified atom stereocenters. The molecular weight excluding hydrogens is 232 g/mol. The number of nitro benzene ring substituents is 1. The normalized spacial score (nSPS) is 11.5. The molecule has 1 aromatic rings. The Labute approximate surface area is 107 Å². The predicted octanol–water partition coefficient (Wildman–Crippen LogP) is 2.50. The summed E-state index contributed by atoms with van der Waals surface area (Å²) >= 11 is 0. The molecule has 1 aromatic carbocycles. The molecule has 0 saturated carbocycles. The first-order chi connectivity index (χ1) is 8.46. The van der Waals surface area contributed by atoms with E-state index in [2.05, 4.69) is 5.32 Å². The molecule has 0 spiro atoms. The van der Waals surface area contributed by atoms with Gasteiger partial charge in [-0.2, -0.15) is 0 Å². The molecular formula is C13H20N2O3. The molecule has 1 N–H and O–H groups in total. The predicted molar refractivity (Wildman–Crippen MR) is 70.5 cm³/mol. The smallest absolute Gasteiger partial charge is 0.273 e. The van der Waals surface area contributed by atoms with Crippen molar-refractivity contribution in [3.8, 4) is 0 Å². The van der Waals surface area contributed by atoms with Gasteiger partial charge in [0.15, 0.2) is 0 Å². The van der Waals surface area contributed by atoms with Crippen molar-refractivity contribution in [1.82, 2.24) is 5.32 Å². The Morgan fingerprint density at radius 1 is 1.39 bits per heavy atom. The summed E-state index contributed by atoms with van der Waals surface area (Å²) < 4.78 is 5.55. The van der Waals surface area contributed by atoms with Gasteiger partial charge in [-0.3, -0.25) is 10.1 Å². The lowest BCUT2D eigenvalue weighted by Gasteiger charge is -2.25. The Bertz CT molecular complexity index is 405. The molecule has 18 heavy (non-hydrogen) atoms. The molecule has 0 amide bonds. The fraction of sp³-hybridized carbons (Fsp3) is 0.538. The van der Waals surface area contributed by atoms with Gasteiger partial charge in [0.05, 0.1) is 10.5 Å². The molecule has 0 aliphatic heterocycles. The maximum absolute atomic E-state index is 10.8. The molecule has 0 atom stereocenters. The molecule has 5 nitrogen and oxygen atoms in total. The highest BCUT2D eigenvalue weighted by atomic mass is 16.6. The van der Waals surface area contributed by atoms with Crippen LogP contribution >= 0.6 is 0 Å². The second-order valence-corrected chi connectivity index (χ2v) is 4.68. The maximum Gasteiger partial charge on any atom is 0.273 e. The standard InChI is InChI=1S/C13H20N2O3/c1-4-18-13(2,3)10-14-9-11-7-5-6-8-12(11)15(16)17/h5-8,14H,4,9-10H2,1-3H3. The molecule has 0 radical (unpaired) electrons. The van der Waals surface area contributed by atoms with Gasteiger partial charge in [0.1, 0.15) is 0 Å². The van der Waals surface area contributed by atoms with Gasteiger partial charge in [0, 0.05) is 31.3 Å². The molecule has 0 saturated heterocycles. The molecule has 100 valence electrons. The first-order valence-corrected chi connectivity index (χ1v) is 6.03. The SMILES string of the molecule is CCOC(C)(C)CNCc1ccccc1[N+](=O)[O-]. The van der Waals surface area contributed by atoms with Crippen LogP contribution in [0.15, 0.2) is 24.3 Å². The molecule has 1 rings (SSSR count). The third-order valence-electron chi connectivity index (χ3n) is 2.59. The van der Waals surface area contributed by atoms with E-state index in [-0.39, 0.29) is 16.2 Å². The quantitative estimate of drug-likeness (QED) is 0.598. The van der Waals surface area contributed by atoms with E-state index in [0.29, 0.717) is 25.3 Å². The van der Waals surface area contributed by atoms with E-state index >= 15 is 0 Å². The van der Waals surface area contributed by atoms with Crippen LogP contribution in [-0.2, 0) is 11.3 Å². The number of hydrogen-bond donors (Lipinski definition) is 1. The van der Waals surface area contributed by atoms with E-state index in [0.717, 1.165) is 0 Å². The number of hydrogen-bond acceptors (Lipinski definition) is 4. The lowest BCUT2D eigenvalue weighted by Crippen LogP contribution is -2.37. The molecule has 0 fully saturated rings. The highest BCUT2D eigenvalue weighted by Gasteiger charge is 2.18. The molecule has 0 aromatic heterocycles. The molecule has 0 aliphatic rings. The van der Waals surface area contributed by atoms with Crippen LogP contribution in [0.3, 0.4) is 0 Å². The Kier molecular flexibility index (Phi) is 5.25. The Morgan fingerprint density at radius 2 is 2.06 bits per heavy atom. The van der Waals surface area contributed by atoms with Gasteiger partial charge >= 0.3 is 0 Å². The molecule has 0 bridgehead atoms. The fourth-order valence-electron chi connectivity index (χ4n) is 1.78. The Hall–Kier alpha value is -1.46. The van der Waals surface area contributed by atoms with Crippen molar-refractivity contribution in [3.05, 3.63) is 39.9 Å². The third kappa shape index (κ3) is 4.43. The monoisotopic (exact) mass is 252 g/mol. The topological polar surface area (TPSA) is 64.4 Å². The van der Waals surface area contributed by atoms with Crippen LogP contribution in [0.2, 0.25) is 0 Å². The summed E-state index contributed by atoms with van der Waals surface area (Å²) in [7, 11) is 0. The van der Waals surface area contributed by atoms with Crippen LogP contribution in [0.25, 0.3) is 0 Å². The second-order valence-electron chi connectivity index (χ2n) is 4.68. The van der Waals surface area contributed by atoms with Gasteiger partial charge in [-0.05, 0) is 20.8 Å². The number of nitrogens with one attached hydrogen (secondary N) is 1. The zero-order valence-corrected chi connectivity index (χ0v) is 11.1. The number of benzene rings is 1. The van der Waals surface area contributed by atoms with E-state index in [1.807, 2.05) is 20.8 Å². The summed E-state index contributed by atoms with van der Waals surface area (Å²) in [6, 6.07) is 6.76. The zero-order valence-electron chi connectivity index (χ0n) is 11.1. The maximum atomic E-state index is 10.8. The minimum absolute atomic E-state index is 0.152. The van der Waals surface area contributed by atoms with E-state index in [4.69, 9.17) is 4.74 Å². The van der Waals surface area contributed by atoms with Crippen LogP contribution < -0.4 is 5.32 Å². The summed E-state index contributed by atoms with van der Waals surface area (Å²) in [6.45, 7) is 7.69. The minimum atomic E-state index is -0.356. The van der Waals surface area contributed by atoms with E-state index in [9.17, 15) is 10.1 Å². The van der Waals surface area contributed by atoms with E-state index in [1.165, 1.54) is 6.07 Å². The summed E-state index contributed by atoms with van der Waals surface area (Å²) in [6.07, 6.45) is 0. The average molecular weight is 252 g/mol. The van der Waals surface area contributed by atoms with Crippen molar-refractivity contribution in [2.75, 3.05) is 13.2 Å². The lowest BCUT2D eigenvalue weighted by atomic mass is 10.1. The summed E-state index contributed by atoms with van der Waals surface area (Å²) in [4.78, 5) is 10.5. The summed E-state index contributed by atoms with van der Waals surface area (Å²) in [5.41, 5.74) is 0.576. The van der Waals surface area contributed by atoms with Gasteiger partial charge in [-0.25, -0.2) is 0 Å². The van der Waals surface area contributed by atoms with Gasteiger partial charge in [0.25, 0.3) is 5.69 Å². The number of rotatable bonds is 7. The average Bonchev–Trinajstić information content (AvgIpc) is 2.29. The van der Waals surface area contributed by atoms with Gasteiger partial charge in [-0.15, -0.1) is 0 Å². The van der Waals surface area contributed by atoms with Crippen molar-refractivity contribution in [1.29, 1.82) is 0 Å². The highest BCUT2D eigenvalue weighted by Crippen LogP contribution is 2.17. The lowest BCUT2D eigenvalue weighted by molar-refractivity contribution is -0.385. The number of para-hydroxylation sites is 1. The zero-order chi connectivity index (χ0) is 13.6. The van der Waals surface area contributed by atoms with Crippen LogP contribution in [0.5, 0.6) is 0 Å².